The van der Waals surface area contributed by atoms with Crippen LogP contribution >= 0.6 is 0 Å². The molecule has 1 heterocycles. The second-order valence-corrected chi connectivity index (χ2v) is 9.02. The van der Waals surface area contributed by atoms with Crippen LogP contribution < -0.4 is 4.74 Å². The van der Waals surface area contributed by atoms with Crippen LogP contribution in [0.2, 0.25) is 0 Å². The Morgan fingerprint density at radius 3 is 2.56 bits per heavy atom. The molecule has 3 unspecified atom stereocenters. The van der Waals surface area contributed by atoms with Crippen LogP contribution in [0.4, 0.5) is 0 Å². The van der Waals surface area contributed by atoms with Gasteiger partial charge in [0.15, 0.2) is 9.84 Å². The van der Waals surface area contributed by atoms with Gasteiger partial charge >= 0.3 is 0 Å². The molecule has 0 spiro atoms. The molecular weight excluding hydrogens is 362 g/mol. The number of likely N-dealkylation sites (tertiary alicyclic amines) is 1. The molecule has 1 saturated heterocycles. The lowest BCUT2D eigenvalue weighted by Crippen LogP contribution is -2.39. The van der Waals surface area contributed by atoms with Gasteiger partial charge in [0, 0.05) is 18.5 Å². The van der Waals surface area contributed by atoms with Crippen molar-refractivity contribution in [1.82, 2.24) is 4.90 Å². The molecule has 2 aromatic carbocycles. The Morgan fingerprint density at radius 1 is 1.15 bits per heavy atom. The van der Waals surface area contributed by atoms with Gasteiger partial charge < -0.3 is 9.84 Å². The lowest BCUT2D eigenvalue weighted by Gasteiger charge is -2.30. The van der Waals surface area contributed by atoms with Crippen molar-refractivity contribution in [2.45, 2.75) is 36.0 Å². The molecule has 27 heavy (non-hydrogen) atoms. The molecule has 3 atom stereocenters. The van der Waals surface area contributed by atoms with Gasteiger partial charge in [0.2, 0.25) is 0 Å². The molecule has 0 bridgehead atoms. The topological polar surface area (TPSA) is 66.8 Å². The maximum Gasteiger partial charge on any atom is 0.199 e. The largest absolute Gasteiger partial charge is 0.484 e. The van der Waals surface area contributed by atoms with E-state index < -0.39 is 9.84 Å². The van der Waals surface area contributed by atoms with Crippen molar-refractivity contribution < 1.29 is 18.3 Å². The Kier molecular flexibility index (Phi) is 4.80. The van der Waals surface area contributed by atoms with Crippen LogP contribution in [-0.2, 0) is 16.3 Å². The van der Waals surface area contributed by atoms with Gasteiger partial charge in [0.05, 0.1) is 17.0 Å². The highest BCUT2D eigenvalue weighted by atomic mass is 32.2. The summed E-state index contributed by atoms with van der Waals surface area (Å²) >= 11 is 0. The predicted octanol–water partition coefficient (Wildman–Crippen LogP) is 2.72. The normalized spacial score (nSPS) is 25.3. The first kappa shape index (κ1) is 18.2. The van der Waals surface area contributed by atoms with Crippen molar-refractivity contribution in [3.05, 3.63) is 71.6 Å². The minimum atomic E-state index is -3.45. The van der Waals surface area contributed by atoms with Gasteiger partial charge in [-0.1, -0.05) is 30.8 Å². The van der Waals surface area contributed by atoms with E-state index in [9.17, 15) is 13.5 Å². The lowest BCUT2D eigenvalue weighted by atomic mass is 10.1. The Hall–Kier alpha value is -2.15. The van der Waals surface area contributed by atoms with Gasteiger partial charge in [-0.3, -0.25) is 4.90 Å². The van der Waals surface area contributed by atoms with Gasteiger partial charge in [-0.05, 0) is 48.2 Å². The molecule has 1 aliphatic heterocycles. The van der Waals surface area contributed by atoms with E-state index in [1.165, 1.54) is 5.56 Å². The van der Waals surface area contributed by atoms with Crippen molar-refractivity contribution in [2.75, 3.05) is 13.1 Å². The zero-order valence-corrected chi connectivity index (χ0v) is 15.8. The maximum absolute atomic E-state index is 11.9. The number of sulfone groups is 1. The average molecular weight is 385 g/mol. The minimum absolute atomic E-state index is 0.145. The molecule has 0 amide bonds. The summed E-state index contributed by atoms with van der Waals surface area (Å²) in [5, 5.41) is 10.9. The van der Waals surface area contributed by atoms with Crippen LogP contribution in [0, 0.1) is 0 Å². The fraction of sp³-hybridized carbons (Fsp3) is 0.333. The Morgan fingerprint density at radius 2 is 1.89 bits per heavy atom. The van der Waals surface area contributed by atoms with E-state index in [0.29, 0.717) is 12.3 Å². The number of aliphatic hydroxyl groups excluding tert-OH is 1. The number of benzene rings is 2. The molecule has 1 N–H and O–H groups in total. The molecule has 4 rings (SSSR count). The molecule has 142 valence electrons. The summed E-state index contributed by atoms with van der Waals surface area (Å²) in [5.74, 6) is 0.629. The van der Waals surface area contributed by atoms with Crippen LogP contribution in [0.25, 0.3) is 0 Å². The number of β-amino-alcohol motifs (C(OH)–C–C–N with tert-alkyl or cyclic N) is 1. The Balaban J connectivity index is 1.60. The molecule has 0 aromatic heterocycles. The monoisotopic (exact) mass is 385 g/mol. The minimum Gasteiger partial charge on any atom is -0.484 e. The summed E-state index contributed by atoms with van der Waals surface area (Å²) in [6.45, 7) is 4.87. The second-order valence-electron chi connectivity index (χ2n) is 7.13. The molecule has 6 heteroatoms. The van der Waals surface area contributed by atoms with E-state index in [1.54, 1.807) is 24.3 Å². The predicted molar refractivity (Wildman–Crippen MR) is 103 cm³/mol. The number of aliphatic hydroxyl groups is 1. The first-order valence-corrected chi connectivity index (χ1v) is 10.7. The second kappa shape index (κ2) is 7.11. The van der Waals surface area contributed by atoms with Crippen LogP contribution in [-0.4, -0.2) is 43.7 Å². The average Bonchev–Trinajstić information content (AvgIpc) is 3.26. The third-order valence-electron chi connectivity index (χ3n) is 5.44. The number of ether oxygens (including phenoxy) is 1. The summed E-state index contributed by atoms with van der Waals surface area (Å²) in [5.41, 5.74) is 2.42. The highest BCUT2D eigenvalue weighted by Gasteiger charge is 2.40. The van der Waals surface area contributed by atoms with Crippen LogP contribution in [0.15, 0.2) is 65.4 Å². The van der Waals surface area contributed by atoms with Crippen LogP contribution in [0.5, 0.6) is 5.75 Å². The molecular formula is C21H23NO4S. The molecule has 0 saturated carbocycles. The van der Waals surface area contributed by atoms with E-state index in [-0.39, 0.29) is 23.1 Å². The fourth-order valence-electron chi connectivity index (χ4n) is 4.02. The molecule has 2 aliphatic rings. The zero-order valence-electron chi connectivity index (χ0n) is 15.0. The molecule has 1 aliphatic carbocycles. The van der Waals surface area contributed by atoms with Gasteiger partial charge in [-0.15, -0.1) is 0 Å². The zero-order chi connectivity index (χ0) is 19.0. The Bertz CT molecular complexity index is 939. The Labute approximate surface area is 159 Å². The number of nitrogens with zero attached hydrogens (tertiary/aromatic N) is 1. The summed E-state index contributed by atoms with van der Waals surface area (Å²) < 4.78 is 30.1. The quantitative estimate of drug-likeness (QED) is 0.857. The highest BCUT2D eigenvalue weighted by molar-refractivity contribution is 7.94. The van der Waals surface area contributed by atoms with E-state index >= 15 is 0 Å². The summed E-state index contributed by atoms with van der Waals surface area (Å²) in [7, 11) is -3.45. The first-order chi connectivity index (χ1) is 13.0. The molecule has 2 aromatic rings. The number of rotatable bonds is 5. The van der Waals surface area contributed by atoms with Crippen molar-refractivity contribution in [3.8, 4) is 5.75 Å². The lowest BCUT2D eigenvalue weighted by molar-refractivity contribution is 0.0818. The van der Waals surface area contributed by atoms with Crippen LogP contribution in [0.1, 0.15) is 23.7 Å². The van der Waals surface area contributed by atoms with Gasteiger partial charge in [-0.2, -0.15) is 0 Å². The van der Waals surface area contributed by atoms with Crippen molar-refractivity contribution in [2.24, 2.45) is 0 Å². The molecule has 0 radical (unpaired) electrons. The maximum atomic E-state index is 11.9. The van der Waals surface area contributed by atoms with Crippen molar-refractivity contribution in [3.63, 3.8) is 0 Å². The third kappa shape index (κ3) is 3.52. The number of hydrogen-bond acceptors (Lipinski definition) is 5. The summed E-state index contributed by atoms with van der Waals surface area (Å²) in [6.07, 6.45) is 1.25. The standard InChI is InChI=1S/C21H23NO4S/c1-2-27(24,25)18-9-7-17(8-10-18)26-21-19-6-4-3-5-15(19)13-20(21)22-12-11-16(23)14-22/h2-10,16,20-21,23H,1,11-14H2. The van der Waals surface area contributed by atoms with E-state index in [4.69, 9.17) is 4.74 Å². The van der Waals surface area contributed by atoms with Crippen molar-refractivity contribution >= 4 is 9.84 Å². The van der Waals surface area contributed by atoms with Gasteiger partial charge in [-0.25, -0.2) is 8.42 Å². The fourth-order valence-corrected chi connectivity index (χ4v) is 4.73. The van der Waals surface area contributed by atoms with Crippen LogP contribution in [0.3, 0.4) is 0 Å². The first-order valence-electron chi connectivity index (χ1n) is 9.12. The van der Waals surface area contributed by atoms with E-state index in [0.717, 1.165) is 30.4 Å². The van der Waals surface area contributed by atoms with E-state index in [2.05, 4.69) is 23.6 Å². The third-order valence-corrected chi connectivity index (χ3v) is 6.81. The summed E-state index contributed by atoms with van der Waals surface area (Å²) in [6, 6.07) is 14.9. The SMILES string of the molecule is C=CS(=O)(=O)c1ccc(OC2c3ccccc3CC2N2CCC(O)C2)cc1. The molecule has 5 nitrogen and oxygen atoms in total. The summed E-state index contributed by atoms with van der Waals surface area (Å²) in [4.78, 5) is 2.50. The smallest absolute Gasteiger partial charge is 0.199 e. The number of fused-ring (bicyclic) bond motifs is 1. The van der Waals surface area contributed by atoms with E-state index in [1.807, 2.05) is 12.1 Å². The highest BCUT2D eigenvalue weighted by Crippen LogP contribution is 2.39. The molecule has 1 fully saturated rings. The van der Waals surface area contributed by atoms with Gasteiger partial charge in [0.1, 0.15) is 11.9 Å². The van der Waals surface area contributed by atoms with Crippen molar-refractivity contribution in [1.29, 1.82) is 0 Å². The van der Waals surface area contributed by atoms with Gasteiger partial charge in [0.25, 0.3) is 0 Å². The number of hydrogen-bond donors (Lipinski definition) is 1.